The van der Waals surface area contributed by atoms with E-state index in [-0.39, 0.29) is 11.5 Å². The average Bonchev–Trinajstić information content (AvgIpc) is 2.18. The highest BCUT2D eigenvalue weighted by Gasteiger charge is 2.42. The summed E-state index contributed by atoms with van der Waals surface area (Å²) in [6, 6.07) is 3.73. The van der Waals surface area contributed by atoms with E-state index in [1.54, 1.807) is 12.3 Å². The fourth-order valence-corrected chi connectivity index (χ4v) is 1.73. The Morgan fingerprint density at radius 3 is 2.93 bits per heavy atom. The number of pyridine rings is 1. The van der Waals surface area contributed by atoms with Gasteiger partial charge in [-0.15, -0.1) is 6.58 Å². The predicted octanol–water partition coefficient (Wildman–Crippen LogP) is 3.00. The van der Waals surface area contributed by atoms with Gasteiger partial charge < -0.3 is 4.74 Å². The van der Waals surface area contributed by atoms with Crippen molar-refractivity contribution in [3.05, 3.63) is 41.7 Å². The molecule has 1 aromatic rings. The third-order valence-electron chi connectivity index (χ3n) is 2.68. The van der Waals surface area contributed by atoms with E-state index in [9.17, 15) is 0 Å². The summed E-state index contributed by atoms with van der Waals surface area (Å²) in [5, 5.41) is 0.508. The number of rotatable bonds is 2. The monoisotopic (exact) mass is 209 g/mol. The SMILES string of the molecule is C=C[C@]1(C)CO[C@@H]1c1ccc(Cl)nc1. The standard InChI is InChI=1S/C11H12ClNO/c1-3-11(2)7-14-10(11)8-4-5-9(12)13-6-8/h3-6,10H,1,7H2,2H3/t10-,11-/m1/s1. The molecule has 0 saturated carbocycles. The molecule has 0 amide bonds. The maximum absolute atomic E-state index is 5.71. The van der Waals surface area contributed by atoms with E-state index in [2.05, 4.69) is 18.5 Å². The molecule has 74 valence electrons. The van der Waals surface area contributed by atoms with Gasteiger partial charge in [0.2, 0.25) is 0 Å². The van der Waals surface area contributed by atoms with Crippen molar-refractivity contribution in [2.24, 2.45) is 5.41 Å². The average molecular weight is 210 g/mol. The lowest BCUT2D eigenvalue weighted by molar-refractivity contribution is -0.155. The summed E-state index contributed by atoms with van der Waals surface area (Å²) in [4.78, 5) is 4.03. The van der Waals surface area contributed by atoms with Gasteiger partial charge >= 0.3 is 0 Å². The van der Waals surface area contributed by atoms with Crippen LogP contribution in [0.15, 0.2) is 31.0 Å². The van der Waals surface area contributed by atoms with E-state index < -0.39 is 0 Å². The third kappa shape index (κ3) is 1.45. The maximum atomic E-state index is 5.71. The summed E-state index contributed by atoms with van der Waals surface area (Å²) < 4.78 is 5.51. The van der Waals surface area contributed by atoms with E-state index in [0.29, 0.717) is 5.15 Å². The summed E-state index contributed by atoms with van der Waals surface area (Å²) in [6.45, 7) is 6.68. The zero-order chi connectivity index (χ0) is 10.2. The molecule has 2 heterocycles. The van der Waals surface area contributed by atoms with Crippen LogP contribution in [-0.4, -0.2) is 11.6 Å². The highest BCUT2D eigenvalue weighted by atomic mass is 35.5. The Labute approximate surface area is 88.6 Å². The van der Waals surface area contributed by atoms with Crippen molar-refractivity contribution >= 4 is 11.6 Å². The van der Waals surface area contributed by atoms with Crippen LogP contribution in [0.5, 0.6) is 0 Å². The first-order valence-corrected chi connectivity index (χ1v) is 4.90. The Balaban J connectivity index is 2.24. The minimum atomic E-state index is 0.0372. The second kappa shape index (κ2) is 3.37. The van der Waals surface area contributed by atoms with Gasteiger partial charge in [-0.25, -0.2) is 4.98 Å². The van der Waals surface area contributed by atoms with Crippen LogP contribution >= 0.6 is 11.6 Å². The normalized spacial score (nSPS) is 30.9. The molecule has 1 fully saturated rings. The topological polar surface area (TPSA) is 22.1 Å². The Hall–Kier alpha value is -0.860. The van der Waals surface area contributed by atoms with Gasteiger partial charge in [-0.05, 0) is 6.07 Å². The van der Waals surface area contributed by atoms with Crippen molar-refractivity contribution in [3.8, 4) is 0 Å². The van der Waals surface area contributed by atoms with E-state index in [4.69, 9.17) is 16.3 Å². The Morgan fingerprint density at radius 2 is 2.50 bits per heavy atom. The second-order valence-corrected chi connectivity index (χ2v) is 4.20. The fourth-order valence-electron chi connectivity index (χ4n) is 1.61. The highest BCUT2D eigenvalue weighted by molar-refractivity contribution is 6.29. The van der Waals surface area contributed by atoms with Gasteiger partial charge in [0.05, 0.1) is 12.7 Å². The van der Waals surface area contributed by atoms with Crippen molar-refractivity contribution in [3.63, 3.8) is 0 Å². The second-order valence-electron chi connectivity index (χ2n) is 3.82. The van der Waals surface area contributed by atoms with Crippen LogP contribution in [0.4, 0.5) is 0 Å². The van der Waals surface area contributed by atoms with Gasteiger partial charge in [0.1, 0.15) is 5.15 Å². The maximum Gasteiger partial charge on any atom is 0.129 e. The number of aromatic nitrogens is 1. The molecule has 0 N–H and O–H groups in total. The highest BCUT2D eigenvalue weighted by Crippen LogP contribution is 2.46. The number of nitrogens with zero attached hydrogens (tertiary/aromatic N) is 1. The van der Waals surface area contributed by atoms with Crippen molar-refractivity contribution in [2.75, 3.05) is 6.61 Å². The minimum Gasteiger partial charge on any atom is -0.371 e. The van der Waals surface area contributed by atoms with E-state index in [0.717, 1.165) is 12.2 Å². The minimum absolute atomic E-state index is 0.0372. The zero-order valence-corrected chi connectivity index (χ0v) is 8.79. The molecule has 14 heavy (non-hydrogen) atoms. The van der Waals surface area contributed by atoms with Gasteiger partial charge in [-0.3, -0.25) is 0 Å². The van der Waals surface area contributed by atoms with Crippen LogP contribution in [0.2, 0.25) is 5.15 Å². The van der Waals surface area contributed by atoms with Gasteiger partial charge in [-0.1, -0.05) is 30.7 Å². The number of hydrogen-bond donors (Lipinski definition) is 0. The molecule has 1 aromatic heterocycles. The summed E-state index contributed by atoms with van der Waals surface area (Å²) in [6.07, 6.45) is 3.77. The first-order valence-electron chi connectivity index (χ1n) is 4.52. The van der Waals surface area contributed by atoms with Crippen molar-refractivity contribution in [1.82, 2.24) is 4.98 Å². The molecule has 0 bridgehead atoms. The van der Waals surface area contributed by atoms with E-state index in [1.165, 1.54) is 0 Å². The van der Waals surface area contributed by atoms with Crippen LogP contribution in [0.1, 0.15) is 18.6 Å². The summed E-state index contributed by atoms with van der Waals surface area (Å²) in [5.74, 6) is 0. The number of hydrogen-bond acceptors (Lipinski definition) is 2. The molecule has 0 unspecified atom stereocenters. The van der Waals surface area contributed by atoms with Gasteiger partial charge in [-0.2, -0.15) is 0 Å². The zero-order valence-electron chi connectivity index (χ0n) is 8.03. The van der Waals surface area contributed by atoms with E-state index >= 15 is 0 Å². The van der Waals surface area contributed by atoms with Gasteiger partial charge in [0, 0.05) is 17.2 Å². The molecular weight excluding hydrogens is 198 g/mol. The van der Waals surface area contributed by atoms with Crippen molar-refractivity contribution in [2.45, 2.75) is 13.0 Å². The Kier molecular flexibility index (Phi) is 2.33. The molecule has 2 nitrogen and oxygen atoms in total. The van der Waals surface area contributed by atoms with Crippen LogP contribution in [0.25, 0.3) is 0 Å². The Morgan fingerprint density at radius 1 is 1.71 bits per heavy atom. The molecule has 0 radical (unpaired) electrons. The lowest BCUT2D eigenvalue weighted by Crippen LogP contribution is -2.41. The molecule has 0 spiro atoms. The Bertz CT molecular complexity index is 349. The molecule has 1 saturated heterocycles. The summed E-state index contributed by atoms with van der Waals surface area (Å²) in [5.41, 5.74) is 1.10. The number of ether oxygens (including phenoxy) is 1. The summed E-state index contributed by atoms with van der Waals surface area (Å²) >= 11 is 5.71. The lowest BCUT2D eigenvalue weighted by Gasteiger charge is -2.44. The van der Waals surface area contributed by atoms with E-state index in [1.807, 2.05) is 12.1 Å². The van der Waals surface area contributed by atoms with Crippen molar-refractivity contribution in [1.29, 1.82) is 0 Å². The largest absolute Gasteiger partial charge is 0.371 e. The first kappa shape index (κ1) is 9.69. The molecule has 2 atom stereocenters. The molecule has 2 rings (SSSR count). The molecule has 0 aliphatic carbocycles. The quantitative estimate of drug-likeness (QED) is 0.552. The van der Waals surface area contributed by atoms with Gasteiger partial charge in [0.25, 0.3) is 0 Å². The summed E-state index contributed by atoms with van der Waals surface area (Å²) in [7, 11) is 0. The number of halogens is 1. The van der Waals surface area contributed by atoms with Crippen LogP contribution in [0, 0.1) is 5.41 Å². The van der Waals surface area contributed by atoms with Crippen LogP contribution < -0.4 is 0 Å². The first-order chi connectivity index (χ1) is 6.65. The smallest absolute Gasteiger partial charge is 0.129 e. The van der Waals surface area contributed by atoms with Crippen LogP contribution in [0.3, 0.4) is 0 Å². The molecule has 1 aliphatic heterocycles. The van der Waals surface area contributed by atoms with Crippen molar-refractivity contribution < 1.29 is 4.74 Å². The molecular formula is C11H12ClNO. The fraction of sp³-hybridized carbons (Fsp3) is 0.364. The molecule has 1 aliphatic rings. The van der Waals surface area contributed by atoms with Gasteiger partial charge in [0.15, 0.2) is 0 Å². The third-order valence-corrected chi connectivity index (χ3v) is 2.90. The predicted molar refractivity (Wildman–Crippen MR) is 56.2 cm³/mol. The molecule has 3 heteroatoms. The lowest BCUT2D eigenvalue weighted by atomic mass is 9.77. The van der Waals surface area contributed by atoms with Crippen LogP contribution in [-0.2, 0) is 4.74 Å². The molecule has 0 aromatic carbocycles.